The molecule has 9 heteroatoms. The Morgan fingerprint density at radius 1 is 1.44 bits per heavy atom. The van der Waals surface area contributed by atoms with Crippen LogP contribution in [0.2, 0.25) is 0 Å². The van der Waals surface area contributed by atoms with Crippen molar-refractivity contribution in [3.05, 3.63) is 10.8 Å². The highest BCUT2D eigenvalue weighted by molar-refractivity contribution is 9.10. The molecule has 4 N–H and O–H groups in total. The third kappa shape index (κ3) is 3.91. The molecule has 1 aromatic rings. The van der Waals surface area contributed by atoms with Crippen molar-refractivity contribution in [1.82, 2.24) is 9.97 Å². The average Bonchev–Trinajstić information content (AvgIpc) is 2.19. The third-order valence-corrected chi connectivity index (χ3v) is 3.23. The van der Waals surface area contributed by atoms with Crippen LogP contribution in [0.25, 0.3) is 0 Å². The number of nitrogens with two attached hydrogens (primary N) is 1. The molecule has 0 radical (unpaired) electrons. The van der Waals surface area contributed by atoms with E-state index in [4.69, 9.17) is 5.14 Å². The molecule has 0 aliphatic heterocycles. The predicted octanol–water partition coefficient (Wildman–Crippen LogP) is -0.0188. The highest BCUT2D eigenvalue weighted by Gasteiger charge is 2.08. The lowest BCUT2D eigenvalue weighted by Gasteiger charge is -2.08. The van der Waals surface area contributed by atoms with Gasteiger partial charge in [0.05, 0.1) is 5.75 Å². The Kier molecular flexibility index (Phi) is 4.44. The van der Waals surface area contributed by atoms with Gasteiger partial charge in [-0.2, -0.15) is 0 Å². The monoisotopic (exact) mass is 309 g/mol. The molecule has 0 unspecified atom stereocenters. The molecule has 0 bridgehead atoms. The number of hydrogen-bond donors (Lipinski definition) is 3. The molecular weight excluding hydrogens is 298 g/mol. The molecule has 0 amide bonds. The predicted molar refractivity (Wildman–Crippen MR) is 65.7 cm³/mol. The van der Waals surface area contributed by atoms with E-state index in [1.807, 2.05) is 0 Å². The van der Waals surface area contributed by atoms with Crippen LogP contribution in [0.3, 0.4) is 0 Å². The van der Waals surface area contributed by atoms with Gasteiger partial charge in [-0.1, -0.05) is 0 Å². The van der Waals surface area contributed by atoms with E-state index in [0.29, 0.717) is 16.1 Å². The molecule has 0 aliphatic rings. The molecule has 1 aromatic heterocycles. The standard InChI is InChI=1S/C7H12BrN5O2S/c1-10-6-5(8)7(13-4-12-6)11-2-3-16(9,14)15/h4H,2-3H2,1H3,(H2,9,14,15)(H2,10,11,12,13). The highest BCUT2D eigenvalue weighted by Crippen LogP contribution is 2.25. The number of sulfonamides is 1. The van der Waals surface area contributed by atoms with E-state index in [0.717, 1.165) is 0 Å². The molecule has 0 saturated carbocycles. The fourth-order valence-corrected chi connectivity index (χ4v) is 1.91. The molecule has 16 heavy (non-hydrogen) atoms. The summed E-state index contributed by atoms with van der Waals surface area (Å²) in [5, 5.41) is 10.6. The van der Waals surface area contributed by atoms with Crippen LogP contribution in [0, 0.1) is 0 Å². The molecule has 1 heterocycles. The van der Waals surface area contributed by atoms with Gasteiger partial charge in [0.15, 0.2) is 0 Å². The van der Waals surface area contributed by atoms with Crippen molar-refractivity contribution in [3.8, 4) is 0 Å². The zero-order chi connectivity index (χ0) is 12.2. The smallest absolute Gasteiger partial charge is 0.210 e. The first-order chi connectivity index (χ1) is 7.44. The fraction of sp³-hybridized carbons (Fsp3) is 0.429. The van der Waals surface area contributed by atoms with Gasteiger partial charge in [0.2, 0.25) is 10.0 Å². The molecule has 0 aromatic carbocycles. The van der Waals surface area contributed by atoms with Crippen LogP contribution in [0.4, 0.5) is 11.6 Å². The Morgan fingerprint density at radius 2 is 2.06 bits per heavy atom. The second-order valence-electron chi connectivity index (χ2n) is 2.93. The van der Waals surface area contributed by atoms with Crippen LogP contribution in [0.1, 0.15) is 0 Å². The maximum atomic E-state index is 10.7. The zero-order valence-corrected chi connectivity index (χ0v) is 11.0. The summed E-state index contributed by atoms with van der Waals surface area (Å²) in [4.78, 5) is 7.92. The Bertz CT molecular complexity index is 464. The number of halogens is 1. The molecule has 0 atom stereocenters. The minimum Gasteiger partial charge on any atom is -0.372 e. The SMILES string of the molecule is CNc1ncnc(NCCS(N)(=O)=O)c1Br. The number of aromatic nitrogens is 2. The van der Waals surface area contributed by atoms with Gasteiger partial charge in [0.25, 0.3) is 0 Å². The summed E-state index contributed by atoms with van der Waals surface area (Å²) in [6, 6.07) is 0. The molecule has 90 valence electrons. The average molecular weight is 310 g/mol. The van der Waals surface area contributed by atoms with Gasteiger partial charge in [-0.3, -0.25) is 0 Å². The quantitative estimate of drug-likeness (QED) is 0.705. The van der Waals surface area contributed by atoms with Crippen molar-refractivity contribution in [1.29, 1.82) is 0 Å². The second kappa shape index (κ2) is 5.41. The van der Waals surface area contributed by atoms with Gasteiger partial charge in [0.1, 0.15) is 22.4 Å². The lowest BCUT2D eigenvalue weighted by atomic mass is 10.5. The third-order valence-electron chi connectivity index (χ3n) is 1.71. The maximum absolute atomic E-state index is 10.7. The van der Waals surface area contributed by atoms with E-state index < -0.39 is 10.0 Å². The van der Waals surface area contributed by atoms with Crippen LogP contribution >= 0.6 is 15.9 Å². The van der Waals surface area contributed by atoms with Crippen molar-refractivity contribution >= 4 is 37.6 Å². The minimum atomic E-state index is -3.46. The first kappa shape index (κ1) is 13.1. The number of anilines is 2. The molecule has 0 spiro atoms. The normalized spacial score (nSPS) is 11.2. The van der Waals surface area contributed by atoms with Crippen molar-refractivity contribution in [2.45, 2.75) is 0 Å². The molecule has 1 rings (SSSR count). The van der Waals surface area contributed by atoms with E-state index in [9.17, 15) is 8.42 Å². The van der Waals surface area contributed by atoms with Crippen molar-refractivity contribution < 1.29 is 8.42 Å². The number of nitrogens with one attached hydrogen (secondary N) is 2. The fourth-order valence-electron chi connectivity index (χ4n) is 0.979. The topological polar surface area (TPSA) is 110 Å². The first-order valence-corrected chi connectivity index (χ1v) is 6.87. The van der Waals surface area contributed by atoms with E-state index >= 15 is 0 Å². The van der Waals surface area contributed by atoms with E-state index in [1.54, 1.807) is 7.05 Å². The van der Waals surface area contributed by atoms with Gasteiger partial charge in [-0.15, -0.1) is 0 Å². The van der Waals surface area contributed by atoms with E-state index in [1.165, 1.54) is 6.33 Å². The van der Waals surface area contributed by atoms with Crippen LogP contribution < -0.4 is 15.8 Å². The maximum Gasteiger partial charge on any atom is 0.210 e. The molecule has 0 fully saturated rings. The van der Waals surface area contributed by atoms with E-state index in [2.05, 4.69) is 36.5 Å². The lowest BCUT2D eigenvalue weighted by Crippen LogP contribution is -2.22. The summed E-state index contributed by atoms with van der Waals surface area (Å²) in [7, 11) is -1.74. The Balaban J connectivity index is 2.68. The largest absolute Gasteiger partial charge is 0.372 e. The van der Waals surface area contributed by atoms with Gasteiger partial charge < -0.3 is 10.6 Å². The summed E-state index contributed by atoms with van der Waals surface area (Å²) in [5.74, 6) is 0.981. The Hall–Kier alpha value is -0.930. The van der Waals surface area contributed by atoms with Crippen LogP contribution in [-0.4, -0.2) is 37.7 Å². The summed E-state index contributed by atoms with van der Waals surface area (Å²) >= 11 is 3.29. The lowest BCUT2D eigenvalue weighted by molar-refractivity contribution is 0.598. The number of primary sulfonamides is 1. The van der Waals surface area contributed by atoms with Crippen LogP contribution in [-0.2, 0) is 10.0 Å². The number of rotatable bonds is 5. The molecule has 7 nitrogen and oxygen atoms in total. The van der Waals surface area contributed by atoms with Gasteiger partial charge in [-0.25, -0.2) is 23.5 Å². The zero-order valence-electron chi connectivity index (χ0n) is 8.57. The number of hydrogen-bond acceptors (Lipinski definition) is 6. The molecule has 0 aliphatic carbocycles. The van der Waals surface area contributed by atoms with Crippen molar-refractivity contribution in [3.63, 3.8) is 0 Å². The van der Waals surface area contributed by atoms with Gasteiger partial charge in [0, 0.05) is 13.6 Å². The summed E-state index contributed by atoms with van der Waals surface area (Å²) < 4.78 is 22.1. The minimum absolute atomic E-state index is 0.154. The summed E-state index contributed by atoms with van der Waals surface area (Å²) in [6.07, 6.45) is 1.37. The number of nitrogens with zero attached hydrogens (tertiary/aromatic N) is 2. The molecular formula is C7H12BrN5O2S. The molecule has 0 saturated heterocycles. The summed E-state index contributed by atoms with van der Waals surface area (Å²) in [6.45, 7) is 0.192. The van der Waals surface area contributed by atoms with Crippen LogP contribution in [0.5, 0.6) is 0 Å². The van der Waals surface area contributed by atoms with E-state index in [-0.39, 0.29) is 12.3 Å². The van der Waals surface area contributed by atoms with Gasteiger partial charge >= 0.3 is 0 Å². The second-order valence-corrected chi connectivity index (χ2v) is 5.46. The van der Waals surface area contributed by atoms with Crippen LogP contribution in [0.15, 0.2) is 10.8 Å². The Labute approximate surface area is 102 Å². The highest BCUT2D eigenvalue weighted by atomic mass is 79.9. The first-order valence-electron chi connectivity index (χ1n) is 4.36. The Morgan fingerprint density at radius 3 is 2.62 bits per heavy atom. The van der Waals surface area contributed by atoms with Crippen molar-refractivity contribution in [2.75, 3.05) is 30.0 Å². The van der Waals surface area contributed by atoms with Gasteiger partial charge in [-0.05, 0) is 15.9 Å². The summed E-state index contributed by atoms with van der Waals surface area (Å²) in [5.41, 5.74) is 0. The van der Waals surface area contributed by atoms with Crippen molar-refractivity contribution in [2.24, 2.45) is 5.14 Å².